The Morgan fingerprint density at radius 2 is 2.30 bits per heavy atom. The molecule has 0 aromatic rings. The van der Waals surface area contributed by atoms with Crippen LogP contribution in [0.25, 0.3) is 0 Å². The monoisotopic (exact) mass is 137 g/mol. The van der Waals surface area contributed by atoms with Gasteiger partial charge in [0.1, 0.15) is 0 Å². The zero-order valence-electron chi connectivity index (χ0n) is 6.51. The van der Waals surface area contributed by atoms with Crippen LogP contribution in [0.1, 0.15) is 19.8 Å². The highest BCUT2D eigenvalue weighted by molar-refractivity contribution is 5.05. The number of allylic oxidation sites excluding steroid dienone is 4. The van der Waals surface area contributed by atoms with Crippen LogP contribution < -0.4 is 5.73 Å². The molecule has 2 N–H and O–H groups in total. The summed E-state index contributed by atoms with van der Waals surface area (Å²) in [4.78, 5) is 0. The topological polar surface area (TPSA) is 26.0 Å². The highest BCUT2D eigenvalue weighted by Gasteiger charge is 1.81. The first-order valence-corrected chi connectivity index (χ1v) is 3.44. The molecule has 0 aliphatic heterocycles. The van der Waals surface area contributed by atoms with Gasteiger partial charge in [-0.15, -0.1) is 6.58 Å². The van der Waals surface area contributed by atoms with Crippen molar-refractivity contribution in [1.29, 1.82) is 0 Å². The van der Waals surface area contributed by atoms with Crippen molar-refractivity contribution in [2.24, 2.45) is 5.73 Å². The molecule has 0 bridgehead atoms. The predicted octanol–water partition coefficient (Wildman–Crippen LogP) is 2.37. The molecular formula is C9H15N. The maximum absolute atomic E-state index is 5.18. The van der Waals surface area contributed by atoms with Gasteiger partial charge in [0, 0.05) is 0 Å². The average Bonchev–Trinajstić information content (AvgIpc) is 1.97. The predicted molar refractivity (Wildman–Crippen MR) is 46.5 cm³/mol. The molecule has 0 radical (unpaired) electrons. The SMILES string of the molecule is C=CC/C=C(/C)C/C=C\N. The molecule has 0 unspecified atom stereocenters. The van der Waals surface area contributed by atoms with Crippen LogP contribution in [-0.4, -0.2) is 0 Å². The van der Waals surface area contributed by atoms with E-state index in [0.29, 0.717) is 0 Å². The van der Waals surface area contributed by atoms with Gasteiger partial charge < -0.3 is 5.73 Å². The van der Waals surface area contributed by atoms with Gasteiger partial charge in [-0.05, 0) is 26.0 Å². The molecule has 1 nitrogen and oxygen atoms in total. The van der Waals surface area contributed by atoms with E-state index in [0.717, 1.165) is 12.8 Å². The molecule has 56 valence electrons. The molecule has 0 aliphatic rings. The van der Waals surface area contributed by atoms with Crippen molar-refractivity contribution < 1.29 is 0 Å². The van der Waals surface area contributed by atoms with Crippen LogP contribution in [0.3, 0.4) is 0 Å². The van der Waals surface area contributed by atoms with Gasteiger partial charge in [-0.3, -0.25) is 0 Å². The fraction of sp³-hybridized carbons (Fsp3) is 0.333. The van der Waals surface area contributed by atoms with E-state index < -0.39 is 0 Å². The third-order valence-electron chi connectivity index (χ3n) is 1.21. The van der Waals surface area contributed by atoms with Gasteiger partial charge in [0.15, 0.2) is 0 Å². The summed E-state index contributed by atoms with van der Waals surface area (Å²) in [6, 6.07) is 0. The van der Waals surface area contributed by atoms with Crippen molar-refractivity contribution in [3.05, 3.63) is 36.6 Å². The highest BCUT2D eigenvalue weighted by Crippen LogP contribution is 2.01. The second-order valence-corrected chi connectivity index (χ2v) is 2.21. The fourth-order valence-corrected chi connectivity index (χ4v) is 0.622. The van der Waals surface area contributed by atoms with E-state index in [9.17, 15) is 0 Å². The Balaban J connectivity index is 3.58. The molecule has 0 saturated carbocycles. The lowest BCUT2D eigenvalue weighted by atomic mass is 10.2. The van der Waals surface area contributed by atoms with Crippen LogP contribution >= 0.6 is 0 Å². The second-order valence-electron chi connectivity index (χ2n) is 2.21. The first-order valence-electron chi connectivity index (χ1n) is 3.44. The van der Waals surface area contributed by atoms with Gasteiger partial charge >= 0.3 is 0 Å². The van der Waals surface area contributed by atoms with Crippen molar-refractivity contribution >= 4 is 0 Å². The minimum Gasteiger partial charge on any atom is -0.405 e. The molecule has 0 aliphatic carbocycles. The summed E-state index contributed by atoms with van der Waals surface area (Å²) in [7, 11) is 0. The van der Waals surface area contributed by atoms with E-state index in [-0.39, 0.29) is 0 Å². The van der Waals surface area contributed by atoms with E-state index in [4.69, 9.17) is 5.73 Å². The quantitative estimate of drug-likeness (QED) is 0.591. The van der Waals surface area contributed by atoms with Crippen LogP contribution in [0.2, 0.25) is 0 Å². The molecule has 0 spiro atoms. The second kappa shape index (κ2) is 6.14. The summed E-state index contributed by atoms with van der Waals surface area (Å²) < 4.78 is 0. The van der Waals surface area contributed by atoms with E-state index in [1.165, 1.54) is 5.57 Å². The van der Waals surface area contributed by atoms with E-state index >= 15 is 0 Å². The lowest BCUT2D eigenvalue weighted by Gasteiger charge is -1.91. The summed E-state index contributed by atoms with van der Waals surface area (Å²) >= 11 is 0. The molecule has 0 saturated heterocycles. The summed E-state index contributed by atoms with van der Waals surface area (Å²) in [6.45, 7) is 5.71. The summed E-state index contributed by atoms with van der Waals surface area (Å²) in [6.07, 6.45) is 9.44. The Morgan fingerprint density at radius 1 is 1.60 bits per heavy atom. The van der Waals surface area contributed by atoms with Crippen molar-refractivity contribution in [3.63, 3.8) is 0 Å². The zero-order valence-corrected chi connectivity index (χ0v) is 6.51. The molecule has 1 heteroatoms. The Kier molecular flexibility index (Phi) is 5.54. The van der Waals surface area contributed by atoms with Crippen LogP contribution in [0.5, 0.6) is 0 Å². The lowest BCUT2D eigenvalue weighted by Crippen LogP contribution is -1.77. The summed E-state index contributed by atoms with van der Waals surface area (Å²) in [5.74, 6) is 0. The van der Waals surface area contributed by atoms with Crippen LogP contribution in [0, 0.1) is 0 Å². The van der Waals surface area contributed by atoms with Crippen LogP contribution in [0.4, 0.5) is 0 Å². The maximum Gasteiger partial charge on any atom is -0.00998 e. The van der Waals surface area contributed by atoms with E-state index in [1.54, 1.807) is 6.20 Å². The molecule has 0 heterocycles. The van der Waals surface area contributed by atoms with Gasteiger partial charge in [0.25, 0.3) is 0 Å². The summed E-state index contributed by atoms with van der Waals surface area (Å²) in [5.41, 5.74) is 6.51. The van der Waals surface area contributed by atoms with Gasteiger partial charge in [-0.25, -0.2) is 0 Å². The van der Waals surface area contributed by atoms with E-state index in [2.05, 4.69) is 19.6 Å². The Morgan fingerprint density at radius 3 is 2.80 bits per heavy atom. The number of hydrogen-bond donors (Lipinski definition) is 1. The largest absolute Gasteiger partial charge is 0.405 e. The first kappa shape index (κ1) is 9.02. The molecule has 0 atom stereocenters. The van der Waals surface area contributed by atoms with Crippen LogP contribution in [-0.2, 0) is 0 Å². The highest BCUT2D eigenvalue weighted by atomic mass is 14.5. The summed E-state index contributed by atoms with van der Waals surface area (Å²) in [5, 5.41) is 0. The normalized spacial score (nSPS) is 12.3. The number of nitrogens with two attached hydrogens (primary N) is 1. The molecule has 0 fully saturated rings. The Labute approximate surface area is 62.9 Å². The minimum absolute atomic E-state index is 0.949. The molecular weight excluding hydrogens is 122 g/mol. The fourth-order valence-electron chi connectivity index (χ4n) is 0.622. The van der Waals surface area contributed by atoms with Gasteiger partial charge in [0.05, 0.1) is 0 Å². The number of rotatable bonds is 4. The molecule has 0 amide bonds. The standard InChI is InChI=1S/C9H15N/c1-3-4-6-9(2)7-5-8-10/h3,5-6,8H,1,4,7,10H2,2H3/b8-5-,9-6-. The zero-order chi connectivity index (χ0) is 7.82. The van der Waals surface area contributed by atoms with Crippen molar-refractivity contribution in [2.75, 3.05) is 0 Å². The van der Waals surface area contributed by atoms with E-state index in [1.807, 2.05) is 12.2 Å². The first-order chi connectivity index (χ1) is 4.81. The molecule has 10 heavy (non-hydrogen) atoms. The third kappa shape index (κ3) is 5.16. The Hall–Kier alpha value is -0.980. The van der Waals surface area contributed by atoms with Crippen molar-refractivity contribution in [3.8, 4) is 0 Å². The maximum atomic E-state index is 5.18. The third-order valence-corrected chi connectivity index (χ3v) is 1.21. The average molecular weight is 137 g/mol. The molecule has 0 rings (SSSR count). The minimum atomic E-state index is 0.949. The number of hydrogen-bond acceptors (Lipinski definition) is 1. The van der Waals surface area contributed by atoms with Gasteiger partial charge in [-0.2, -0.15) is 0 Å². The smallest absolute Gasteiger partial charge is 0.00998 e. The Bertz CT molecular complexity index is 143. The lowest BCUT2D eigenvalue weighted by molar-refractivity contribution is 1.16. The van der Waals surface area contributed by atoms with Crippen molar-refractivity contribution in [2.45, 2.75) is 19.8 Å². The van der Waals surface area contributed by atoms with Gasteiger partial charge in [0.2, 0.25) is 0 Å². The molecule has 0 aromatic carbocycles. The molecule has 0 aromatic heterocycles. The van der Waals surface area contributed by atoms with Crippen molar-refractivity contribution in [1.82, 2.24) is 0 Å². The van der Waals surface area contributed by atoms with Gasteiger partial charge in [-0.1, -0.05) is 23.8 Å². The van der Waals surface area contributed by atoms with Crippen LogP contribution in [0.15, 0.2) is 36.6 Å².